The highest BCUT2D eigenvalue weighted by Gasteiger charge is 2.24. The molecule has 2 aromatic rings. The van der Waals surface area contributed by atoms with Crippen molar-refractivity contribution in [1.29, 1.82) is 0 Å². The van der Waals surface area contributed by atoms with E-state index < -0.39 is 21.8 Å². The van der Waals surface area contributed by atoms with Crippen LogP contribution in [0.5, 0.6) is 0 Å². The highest BCUT2D eigenvalue weighted by molar-refractivity contribution is 9.11. The molecular weight excluding hydrogens is 453 g/mol. The van der Waals surface area contributed by atoms with Crippen molar-refractivity contribution in [3.63, 3.8) is 0 Å². The maximum absolute atomic E-state index is 13.7. The molecule has 0 saturated carbocycles. The zero-order valence-corrected chi connectivity index (χ0v) is 14.7. The van der Waals surface area contributed by atoms with E-state index >= 15 is 0 Å². The summed E-state index contributed by atoms with van der Waals surface area (Å²) in [4.78, 5) is 10.5. The van der Waals surface area contributed by atoms with Crippen molar-refractivity contribution < 1.29 is 22.7 Å². The summed E-state index contributed by atoms with van der Waals surface area (Å²) in [5.74, 6) is -1.99. The van der Waals surface area contributed by atoms with Gasteiger partial charge in [0.1, 0.15) is 15.6 Å². The van der Waals surface area contributed by atoms with E-state index in [-0.39, 0.29) is 19.2 Å². The molecule has 2 N–H and O–H groups in total. The van der Waals surface area contributed by atoms with Gasteiger partial charge in [-0.25, -0.2) is 17.6 Å². The number of sulfonamides is 1. The van der Waals surface area contributed by atoms with Crippen molar-refractivity contribution in [3.8, 4) is 0 Å². The summed E-state index contributed by atoms with van der Waals surface area (Å²) in [7, 11) is -4.10. The average molecular weight is 459 g/mol. The van der Waals surface area contributed by atoms with Crippen molar-refractivity contribution in [1.82, 2.24) is 0 Å². The molecule has 1 aromatic carbocycles. The zero-order valence-electron chi connectivity index (χ0n) is 9.93. The predicted octanol–water partition coefficient (Wildman–Crippen LogP) is 3.91. The third-order valence-electron chi connectivity index (χ3n) is 2.33. The van der Waals surface area contributed by atoms with Crippen molar-refractivity contribution in [2.24, 2.45) is 0 Å². The van der Waals surface area contributed by atoms with Crippen LogP contribution in [0, 0.1) is 5.82 Å². The molecule has 0 bridgehead atoms. The minimum absolute atomic E-state index is 0.130. The second-order valence-electron chi connectivity index (χ2n) is 3.78. The number of nitrogens with one attached hydrogen (secondary N) is 1. The van der Waals surface area contributed by atoms with Gasteiger partial charge in [0.2, 0.25) is 0 Å². The number of anilines is 1. The van der Waals surface area contributed by atoms with E-state index in [1.54, 1.807) is 0 Å². The van der Waals surface area contributed by atoms with Crippen LogP contribution in [0.3, 0.4) is 0 Å². The molecular formula is C11H6Br2FNO4S2. The fourth-order valence-electron chi connectivity index (χ4n) is 1.41. The van der Waals surface area contributed by atoms with Gasteiger partial charge in [-0.3, -0.25) is 4.72 Å². The molecule has 0 amide bonds. The van der Waals surface area contributed by atoms with Crippen molar-refractivity contribution >= 4 is 64.9 Å². The van der Waals surface area contributed by atoms with E-state index in [1.165, 1.54) is 12.1 Å². The quantitative estimate of drug-likeness (QED) is 0.727. The number of benzene rings is 1. The molecule has 0 aliphatic rings. The molecule has 1 aromatic heterocycles. The van der Waals surface area contributed by atoms with Crippen LogP contribution >= 0.6 is 43.2 Å². The molecule has 0 radical (unpaired) electrons. The van der Waals surface area contributed by atoms with E-state index in [0.29, 0.717) is 4.47 Å². The molecule has 0 atom stereocenters. The minimum atomic E-state index is -4.10. The lowest BCUT2D eigenvalue weighted by Gasteiger charge is -2.08. The fourth-order valence-corrected chi connectivity index (χ4v) is 5.22. The van der Waals surface area contributed by atoms with Gasteiger partial charge in [0.15, 0.2) is 0 Å². The standard InChI is InChI=1S/C11H6Br2FNO4S2/c12-5-1-2-7(6(14)3-5)15-21(18,19)9-4-8(11(16)17)20-10(9)13/h1-4,15H,(H,16,17). The van der Waals surface area contributed by atoms with E-state index in [2.05, 4.69) is 36.6 Å². The van der Waals surface area contributed by atoms with Crippen LogP contribution in [-0.2, 0) is 10.0 Å². The SMILES string of the molecule is O=C(O)c1cc(S(=O)(=O)Nc2ccc(Br)cc2F)c(Br)s1. The molecule has 0 aliphatic carbocycles. The number of halogens is 3. The van der Waals surface area contributed by atoms with Gasteiger partial charge in [-0.1, -0.05) is 15.9 Å². The average Bonchev–Trinajstić information content (AvgIpc) is 2.76. The highest BCUT2D eigenvalue weighted by Crippen LogP contribution is 2.33. The maximum Gasteiger partial charge on any atom is 0.345 e. The van der Waals surface area contributed by atoms with Crippen LogP contribution in [0.2, 0.25) is 0 Å². The fraction of sp³-hybridized carbons (Fsp3) is 0. The number of hydrogen-bond donors (Lipinski definition) is 2. The van der Waals surface area contributed by atoms with Crippen LogP contribution in [0.15, 0.2) is 37.4 Å². The molecule has 0 fully saturated rings. The third-order valence-corrected chi connectivity index (χ3v) is 6.43. The second-order valence-corrected chi connectivity index (χ2v) is 8.72. The van der Waals surface area contributed by atoms with Crippen LogP contribution in [0.1, 0.15) is 9.67 Å². The Morgan fingerprint density at radius 3 is 2.48 bits per heavy atom. The molecule has 2 rings (SSSR count). The Balaban J connectivity index is 2.41. The van der Waals surface area contributed by atoms with Crippen LogP contribution in [-0.4, -0.2) is 19.5 Å². The molecule has 0 aliphatic heterocycles. The predicted molar refractivity (Wildman–Crippen MR) is 83.9 cm³/mol. The van der Waals surface area contributed by atoms with Gasteiger partial charge in [0.05, 0.1) is 9.47 Å². The van der Waals surface area contributed by atoms with Crippen LogP contribution < -0.4 is 4.72 Å². The number of aromatic carboxylic acids is 1. The summed E-state index contributed by atoms with van der Waals surface area (Å²) in [5, 5.41) is 8.86. The van der Waals surface area contributed by atoms with Gasteiger partial charge in [-0.15, -0.1) is 11.3 Å². The molecule has 0 saturated heterocycles. The number of carbonyl (C=O) groups is 1. The lowest BCUT2D eigenvalue weighted by molar-refractivity contribution is 0.0702. The van der Waals surface area contributed by atoms with Gasteiger partial charge < -0.3 is 5.11 Å². The topological polar surface area (TPSA) is 83.5 Å². The summed E-state index contributed by atoms with van der Waals surface area (Å²) in [6, 6.07) is 4.86. The Bertz CT molecular complexity index is 820. The van der Waals surface area contributed by atoms with Crippen molar-refractivity contribution in [2.75, 3.05) is 4.72 Å². The van der Waals surface area contributed by atoms with Gasteiger partial charge in [0.25, 0.3) is 10.0 Å². The maximum atomic E-state index is 13.7. The lowest BCUT2D eigenvalue weighted by Crippen LogP contribution is -2.13. The second kappa shape index (κ2) is 6.03. The third kappa shape index (κ3) is 3.62. The smallest absolute Gasteiger partial charge is 0.345 e. The molecule has 1 heterocycles. The Hall–Kier alpha value is -0.970. The molecule has 5 nitrogen and oxygen atoms in total. The zero-order chi connectivity index (χ0) is 15.8. The van der Waals surface area contributed by atoms with E-state index in [4.69, 9.17) is 5.11 Å². The summed E-state index contributed by atoms with van der Waals surface area (Å²) in [6.07, 6.45) is 0. The largest absolute Gasteiger partial charge is 0.477 e. The Morgan fingerprint density at radius 2 is 1.95 bits per heavy atom. The van der Waals surface area contributed by atoms with E-state index in [0.717, 1.165) is 23.5 Å². The monoisotopic (exact) mass is 457 g/mol. The summed E-state index contributed by atoms with van der Waals surface area (Å²) < 4.78 is 40.7. The van der Waals surface area contributed by atoms with E-state index in [1.807, 2.05) is 0 Å². The number of rotatable bonds is 4. The Kier molecular flexibility index (Phi) is 4.71. The normalized spacial score (nSPS) is 11.4. The first kappa shape index (κ1) is 16.4. The van der Waals surface area contributed by atoms with Crippen molar-refractivity contribution in [2.45, 2.75) is 4.90 Å². The van der Waals surface area contributed by atoms with Crippen LogP contribution in [0.25, 0.3) is 0 Å². The van der Waals surface area contributed by atoms with Crippen molar-refractivity contribution in [3.05, 3.63) is 43.2 Å². The van der Waals surface area contributed by atoms with Crippen LogP contribution in [0.4, 0.5) is 10.1 Å². The van der Waals surface area contributed by atoms with Gasteiger partial charge in [0, 0.05) is 4.47 Å². The van der Waals surface area contributed by atoms with Gasteiger partial charge in [-0.05, 0) is 40.2 Å². The summed E-state index contributed by atoms with van der Waals surface area (Å²) in [5.41, 5.74) is -0.229. The first-order chi connectivity index (χ1) is 9.70. The summed E-state index contributed by atoms with van der Waals surface area (Å²) in [6.45, 7) is 0. The number of carboxylic acid groups (broad SMARTS) is 1. The molecule has 21 heavy (non-hydrogen) atoms. The Morgan fingerprint density at radius 1 is 1.29 bits per heavy atom. The van der Waals surface area contributed by atoms with Gasteiger partial charge in [-0.2, -0.15) is 0 Å². The minimum Gasteiger partial charge on any atom is -0.477 e. The molecule has 112 valence electrons. The number of hydrogen-bond acceptors (Lipinski definition) is 4. The number of thiophene rings is 1. The van der Waals surface area contributed by atoms with E-state index in [9.17, 15) is 17.6 Å². The number of carboxylic acids is 1. The molecule has 0 unspecified atom stereocenters. The highest BCUT2D eigenvalue weighted by atomic mass is 79.9. The lowest BCUT2D eigenvalue weighted by atomic mass is 10.3. The molecule has 10 heteroatoms. The first-order valence-corrected chi connectivity index (χ1v) is 9.10. The Labute approximate surface area is 140 Å². The van der Waals surface area contributed by atoms with Gasteiger partial charge >= 0.3 is 5.97 Å². The summed E-state index contributed by atoms with van der Waals surface area (Å²) >= 11 is 6.83. The first-order valence-electron chi connectivity index (χ1n) is 5.21. The molecule has 0 spiro atoms.